The summed E-state index contributed by atoms with van der Waals surface area (Å²) in [6.07, 6.45) is 1.97. The number of methoxy groups -OCH3 is 1. The molecule has 0 unspecified atom stereocenters. The van der Waals surface area contributed by atoms with Gasteiger partial charge in [-0.25, -0.2) is 9.59 Å². The van der Waals surface area contributed by atoms with Crippen molar-refractivity contribution in [2.75, 3.05) is 21.3 Å². The van der Waals surface area contributed by atoms with E-state index in [2.05, 4.69) is 6.58 Å². The van der Waals surface area contributed by atoms with Crippen LogP contribution in [0.25, 0.3) is 0 Å². The van der Waals surface area contributed by atoms with Gasteiger partial charge in [-0.05, 0) is 51.4 Å². The summed E-state index contributed by atoms with van der Waals surface area (Å²) in [6.45, 7) is 13.0. The molecule has 0 N–H and O–H groups in total. The molecule has 9 heteroatoms. The minimum atomic E-state index is -3.79. The fourth-order valence-corrected chi connectivity index (χ4v) is 5.93. The zero-order valence-corrected chi connectivity index (χ0v) is 19.7. The number of nitrogens with zero attached hydrogens (tertiary/aromatic N) is 1. The number of amides is 1. The molecular formula is C20H36NO7P. The van der Waals surface area contributed by atoms with Gasteiger partial charge in [0.15, 0.2) is 0 Å². The molecule has 8 nitrogen and oxygen atoms in total. The molecule has 0 radical (unpaired) electrons. The second-order valence-corrected chi connectivity index (χ2v) is 11.0. The number of allylic oxidation sites excluding steroid dienone is 1. The molecule has 0 bridgehead atoms. The third-order valence-electron chi connectivity index (χ3n) is 4.99. The topological polar surface area (TPSA) is 91.4 Å². The highest BCUT2D eigenvalue weighted by Gasteiger charge is 2.61. The predicted octanol–water partition coefficient (Wildman–Crippen LogP) is 4.45. The first-order valence-corrected chi connectivity index (χ1v) is 11.4. The lowest BCUT2D eigenvalue weighted by Gasteiger charge is -2.34. The minimum absolute atomic E-state index is 0.225. The summed E-state index contributed by atoms with van der Waals surface area (Å²) in [5, 5.41) is 0. The number of hydrogen-bond donors (Lipinski definition) is 0. The number of rotatable bonds is 8. The summed E-state index contributed by atoms with van der Waals surface area (Å²) < 4.78 is 34.7. The summed E-state index contributed by atoms with van der Waals surface area (Å²) in [7, 11) is 0.0176. The van der Waals surface area contributed by atoms with Crippen LogP contribution in [0, 0.1) is 17.8 Å². The van der Waals surface area contributed by atoms with Gasteiger partial charge in [-0.2, -0.15) is 0 Å². The average Bonchev–Trinajstić information content (AvgIpc) is 2.93. The predicted molar refractivity (Wildman–Crippen MR) is 111 cm³/mol. The molecule has 0 spiro atoms. The van der Waals surface area contributed by atoms with Gasteiger partial charge < -0.3 is 18.5 Å². The molecule has 1 amide bonds. The maximum Gasteiger partial charge on any atom is 0.411 e. The van der Waals surface area contributed by atoms with Crippen LogP contribution in [0.1, 0.15) is 47.5 Å². The van der Waals surface area contributed by atoms with Crippen molar-refractivity contribution in [3.05, 3.63) is 12.7 Å². The Morgan fingerprint density at radius 1 is 1.14 bits per heavy atom. The van der Waals surface area contributed by atoms with Crippen molar-refractivity contribution >= 4 is 19.7 Å². The molecule has 0 aromatic heterocycles. The van der Waals surface area contributed by atoms with Crippen LogP contribution in [0.3, 0.4) is 0 Å². The molecule has 1 saturated heterocycles. The molecule has 1 rings (SSSR count). The van der Waals surface area contributed by atoms with E-state index in [1.807, 2.05) is 13.8 Å². The maximum absolute atomic E-state index is 13.5. The number of carbonyl (C=O) groups excluding carboxylic acids is 2. The smallest absolute Gasteiger partial charge is 0.411 e. The first kappa shape index (κ1) is 25.7. The van der Waals surface area contributed by atoms with Crippen molar-refractivity contribution < 1.29 is 32.7 Å². The number of carbonyl (C=O) groups is 2. The van der Waals surface area contributed by atoms with Gasteiger partial charge in [0.1, 0.15) is 17.4 Å². The standard InChI is InChI=1S/C20H36NO7P/c1-10-11-14-15(12-13(2)3)16(18(22)25-7)21(19(23)28-20(4,5)6)17(14)29(24,26-8)27-9/h10,13-17H,1,11-12H2,2-9H3/t14-,15-,16-,17+/m1/s1. The Bertz CT molecular complexity index is 635. The summed E-state index contributed by atoms with van der Waals surface area (Å²) in [4.78, 5) is 27.2. The fourth-order valence-electron chi connectivity index (χ4n) is 3.99. The molecule has 0 aromatic carbocycles. The minimum Gasteiger partial charge on any atom is -0.467 e. The van der Waals surface area contributed by atoms with Gasteiger partial charge >= 0.3 is 19.7 Å². The Morgan fingerprint density at radius 3 is 2.07 bits per heavy atom. The quantitative estimate of drug-likeness (QED) is 0.317. The fraction of sp³-hybridized carbons (Fsp3) is 0.800. The Hall–Kier alpha value is -1.37. The third-order valence-corrected chi connectivity index (χ3v) is 7.28. The Labute approximate surface area is 174 Å². The van der Waals surface area contributed by atoms with Crippen LogP contribution in [0.5, 0.6) is 0 Å². The SMILES string of the molecule is C=CC[C@@H]1[C@@H](CC(C)C)[C@H](C(=O)OC)N(C(=O)OC(C)(C)C)[C@H]1P(=O)(OC)OC. The van der Waals surface area contributed by atoms with E-state index in [1.54, 1.807) is 26.8 Å². The number of hydrogen-bond acceptors (Lipinski definition) is 7. The van der Waals surface area contributed by atoms with E-state index < -0.39 is 37.1 Å². The highest BCUT2D eigenvalue weighted by molar-refractivity contribution is 7.54. The zero-order valence-electron chi connectivity index (χ0n) is 18.8. The van der Waals surface area contributed by atoms with E-state index in [-0.39, 0.29) is 17.8 Å². The molecule has 0 aromatic rings. The monoisotopic (exact) mass is 433 g/mol. The molecule has 1 aliphatic heterocycles. The van der Waals surface area contributed by atoms with Gasteiger partial charge in [0.05, 0.1) is 7.11 Å². The molecular weight excluding hydrogens is 397 g/mol. The lowest BCUT2D eigenvalue weighted by atomic mass is 9.82. The van der Waals surface area contributed by atoms with Crippen molar-refractivity contribution in [2.45, 2.75) is 64.9 Å². The summed E-state index contributed by atoms with van der Waals surface area (Å²) >= 11 is 0. The lowest BCUT2D eigenvalue weighted by molar-refractivity contribution is -0.147. The van der Waals surface area contributed by atoms with Crippen LogP contribution in [-0.2, 0) is 27.9 Å². The molecule has 1 heterocycles. The van der Waals surface area contributed by atoms with E-state index in [0.29, 0.717) is 12.8 Å². The van der Waals surface area contributed by atoms with Crippen LogP contribution >= 0.6 is 7.60 Å². The molecule has 1 aliphatic rings. The number of ether oxygens (including phenoxy) is 2. The second-order valence-electron chi connectivity index (χ2n) is 8.66. The van der Waals surface area contributed by atoms with Crippen LogP contribution < -0.4 is 0 Å². The molecule has 29 heavy (non-hydrogen) atoms. The van der Waals surface area contributed by atoms with Crippen molar-refractivity contribution in [3.8, 4) is 0 Å². The Balaban J connectivity index is 3.68. The maximum atomic E-state index is 13.5. The zero-order chi connectivity index (χ0) is 22.6. The normalized spacial score (nSPS) is 25.2. The third kappa shape index (κ3) is 5.83. The molecule has 0 aliphatic carbocycles. The van der Waals surface area contributed by atoms with E-state index >= 15 is 0 Å². The lowest BCUT2D eigenvalue weighted by Crippen LogP contribution is -2.49. The number of esters is 1. The van der Waals surface area contributed by atoms with Crippen LogP contribution in [0.15, 0.2) is 12.7 Å². The highest BCUT2D eigenvalue weighted by atomic mass is 31.2. The first-order valence-electron chi connectivity index (χ1n) is 9.78. The largest absolute Gasteiger partial charge is 0.467 e. The van der Waals surface area contributed by atoms with Crippen molar-refractivity contribution in [3.63, 3.8) is 0 Å². The molecule has 168 valence electrons. The van der Waals surface area contributed by atoms with Crippen molar-refractivity contribution in [1.29, 1.82) is 0 Å². The van der Waals surface area contributed by atoms with Gasteiger partial charge in [0.2, 0.25) is 0 Å². The van der Waals surface area contributed by atoms with E-state index in [4.69, 9.17) is 18.5 Å². The summed E-state index contributed by atoms with van der Waals surface area (Å²) in [6, 6.07) is -0.967. The van der Waals surface area contributed by atoms with E-state index in [1.165, 1.54) is 26.2 Å². The van der Waals surface area contributed by atoms with Gasteiger partial charge in [-0.1, -0.05) is 19.9 Å². The van der Waals surface area contributed by atoms with Crippen molar-refractivity contribution in [2.24, 2.45) is 17.8 Å². The van der Waals surface area contributed by atoms with Crippen LogP contribution in [0.4, 0.5) is 4.79 Å². The summed E-state index contributed by atoms with van der Waals surface area (Å²) in [5.74, 6) is -2.06. The molecule has 1 fully saturated rings. The van der Waals surface area contributed by atoms with Gasteiger partial charge in [-0.15, -0.1) is 6.58 Å². The van der Waals surface area contributed by atoms with Crippen LogP contribution in [-0.4, -0.2) is 55.7 Å². The van der Waals surface area contributed by atoms with E-state index in [9.17, 15) is 14.2 Å². The van der Waals surface area contributed by atoms with Gasteiger partial charge in [0, 0.05) is 14.2 Å². The van der Waals surface area contributed by atoms with E-state index in [0.717, 1.165) is 0 Å². The van der Waals surface area contributed by atoms with Gasteiger partial charge in [0.25, 0.3) is 0 Å². The van der Waals surface area contributed by atoms with Crippen molar-refractivity contribution in [1.82, 2.24) is 4.90 Å². The second kappa shape index (κ2) is 10.1. The highest BCUT2D eigenvalue weighted by Crippen LogP contribution is 2.62. The van der Waals surface area contributed by atoms with Crippen LogP contribution in [0.2, 0.25) is 0 Å². The summed E-state index contributed by atoms with van der Waals surface area (Å²) in [5.41, 5.74) is -0.809. The Morgan fingerprint density at radius 2 is 1.69 bits per heavy atom. The van der Waals surface area contributed by atoms with Gasteiger partial charge in [-0.3, -0.25) is 9.46 Å². The molecule has 4 atom stereocenters. The first-order chi connectivity index (χ1) is 13.4. The Kier molecular flexibility index (Phi) is 8.93. The number of likely N-dealkylation sites (tertiary alicyclic amines) is 1. The molecule has 0 saturated carbocycles. The average molecular weight is 433 g/mol.